The number of nitrogens with zero attached hydrogens (tertiary/aromatic N) is 12. The van der Waals surface area contributed by atoms with Crippen LogP contribution in [0, 0.1) is 0 Å². The standard InChI is InChI=1S/C29H32N8O3.C28H32N8O3/c1-38-14-15-39-27-11-6-21(16-31-27)20-40-25-9-7-22(8-10-25)26-5-3-13-37-28(26)34-29(35-37)33-24-17-32-36(19-24)18-23-4-2-12-30-23;1-29-12-4-13-35-19-23(18-31-35)32-28-33-27-25(5-3-14-36(27)34-28)22-7-9-24(10-8-22)39-20-21-6-11-26(30-17-21)38-16-15-37-2/h3,5-11,13,16-17,19,23,30H,2,4,12,14-15,18,20H2,1H3,(H,33,35);3,5-11,14,17-19,29H,4,12-13,15-16,20H2,1-2H3,(H,32,34)/t23-;/m1./s1. The maximum Gasteiger partial charge on any atom is 0.247 e. The number of hydrogen-bond donors (Lipinski definition) is 4. The first-order chi connectivity index (χ1) is 38.9. The third-order valence-corrected chi connectivity index (χ3v) is 12.7. The van der Waals surface area contributed by atoms with Crippen LogP contribution in [0.1, 0.15) is 30.4 Å². The Labute approximate surface area is 457 Å². The molecular weight excluding hydrogens is 1000 g/mol. The molecule has 408 valence electrons. The molecule has 1 aliphatic rings. The number of anilines is 4. The van der Waals surface area contributed by atoms with E-state index in [1.165, 1.54) is 12.8 Å². The fourth-order valence-electron chi connectivity index (χ4n) is 8.68. The maximum atomic E-state index is 5.97. The molecule has 1 atom stereocenters. The van der Waals surface area contributed by atoms with Gasteiger partial charge in [-0.3, -0.25) is 9.36 Å². The number of ether oxygens (including phenoxy) is 6. The Balaban J connectivity index is 0.000000178. The molecule has 0 spiro atoms. The molecule has 0 radical (unpaired) electrons. The average molecular weight is 1070 g/mol. The minimum absolute atomic E-state index is 0.408. The number of pyridine rings is 4. The maximum absolute atomic E-state index is 5.97. The van der Waals surface area contributed by atoms with Crippen molar-refractivity contribution in [2.75, 3.05) is 71.4 Å². The molecule has 11 rings (SSSR count). The van der Waals surface area contributed by atoms with Crippen LogP contribution >= 0.6 is 0 Å². The smallest absolute Gasteiger partial charge is 0.247 e. The zero-order chi connectivity index (χ0) is 54.0. The summed E-state index contributed by atoms with van der Waals surface area (Å²) in [7, 11) is 5.23. The molecule has 79 heavy (non-hydrogen) atoms. The van der Waals surface area contributed by atoms with Crippen molar-refractivity contribution in [1.82, 2.24) is 69.4 Å². The van der Waals surface area contributed by atoms with Gasteiger partial charge < -0.3 is 49.7 Å². The number of rotatable bonds is 26. The summed E-state index contributed by atoms with van der Waals surface area (Å²) in [5.41, 5.74) is 9.13. The SMILES string of the molecule is CNCCCn1cc(Nc2nc3c(-c4ccc(OCc5ccc(OCCOC)nc5)cc4)cccn3n2)cn1.COCCOc1ccc(COc2ccc(-c3cccn4nc(Nc5cnn(C[C@H]6CCCN6)c5)nc34)cc2)cn1. The van der Waals surface area contributed by atoms with E-state index in [-0.39, 0.29) is 0 Å². The zero-order valence-electron chi connectivity index (χ0n) is 44.4. The van der Waals surface area contributed by atoms with E-state index >= 15 is 0 Å². The number of aromatic nitrogens is 12. The highest BCUT2D eigenvalue weighted by Gasteiger charge is 2.17. The highest BCUT2D eigenvalue weighted by molar-refractivity contribution is 5.79. The summed E-state index contributed by atoms with van der Waals surface area (Å²) in [5, 5.41) is 31.3. The number of aryl methyl sites for hydroxylation is 1. The van der Waals surface area contributed by atoms with Crippen molar-refractivity contribution < 1.29 is 28.4 Å². The lowest BCUT2D eigenvalue weighted by molar-refractivity contribution is 0.143. The van der Waals surface area contributed by atoms with Gasteiger partial charge in [0, 0.05) is 98.4 Å². The second-order valence-corrected chi connectivity index (χ2v) is 18.5. The molecule has 1 aliphatic heterocycles. The van der Waals surface area contributed by atoms with Crippen LogP contribution < -0.4 is 40.2 Å². The van der Waals surface area contributed by atoms with E-state index < -0.39 is 0 Å². The average Bonchev–Trinajstić information content (AvgIpc) is 4.47. The third-order valence-electron chi connectivity index (χ3n) is 12.7. The predicted octanol–water partition coefficient (Wildman–Crippen LogP) is 8.03. The lowest BCUT2D eigenvalue weighted by Crippen LogP contribution is -2.26. The van der Waals surface area contributed by atoms with Crippen LogP contribution in [0.2, 0.25) is 0 Å². The number of fused-ring (bicyclic) bond motifs is 2. The number of nitrogens with one attached hydrogen (secondary N) is 4. The minimum Gasteiger partial charge on any atom is -0.489 e. The van der Waals surface area contributed by atoms with Crippen LogP contribution in [-0.4, -0.2) is 126 Å². The molecule has 1 saturated heterocycles. The molecule has 22 nitrogen and oxygen atoms in total. The van der Waals surface area contributed by atoms with Gasteiger partial charge in [0.2, 0.25) is 23.7 Å². The quantitative estimate of drug-likeness (QED) is 0.0377. The van der Waals surface area contributed by atoms with Crippen molar-refractivity contribution in [3.8, 4) is 45.5 Å². The van der Waals surface area contributed by atoms with E-state index in [0.717, 1.165) is 100 Å². The summed E-state index contributed by atoms with van der Waals surface area (Å²) < 4.78 is 40.3. The van der Waals surface area contributed by atoms with Gasteiger partial charge in [-0.05, 0) is 111 Å². The van der Waals surface area contributed by atoms with Gasteiger partial charge in [0.1, 0.15) is 37.9 Å². The Kier molecular flexibility index (Phi) is 18.2. The molecule has 10 aromatic rings. The van der Waals surface area contributed by atoms with Crippen LogP contribution in [-0.2, 0) is 35.8 Å². The largest absolute Gasteiger partial charge is 0.489 e. The van der Waals surface area contributed by atoms with Crippen molar-refractivity contribution in [3.05, 3.63) is 158 Å². The Bertz CT molecular complexity index is 3450. The van der Waals surface area contributed by atoms with Crippen molar-refractivity contribution in [2.24, 2.45) is 0 Å². The summed E-state index contributed by atoms with van der Waals surface area (Å²) in [6, 6.07) is 31.9. The van der Waals surface area contributed by atoms with E-state index in [4.69, 9.17) is 38.4 Å². The van der Waals surface area contributed by atoms with Gasteiger partial charge in [0.05, 0.1) is 43.5 Å². The number of benzene rings is 2. The second-order valence-electron chi connectivity index (χ2n) is 18.5. The van der Waals surface area contributed by atoms with Gasteiger partial charge in [0.25, 0.3) is 0 Å². The Morgan fingerprint density at radius 1 is 0.595 bits per heavy atom. The monoisotopic (exact) mass is 1070 g/mol. The number of methoxy groups -OCH3 is 2. The Morgan fingerprint density at radius 2 is 1.13 bits per heavy atom. The van der Waals surface area contributed by atoms with Crippen molar-refractivity contribution in [2.45, 2.75) is 51.6 Å². The van der Waals surface area contributed by atoms with E-state index in [9.17, 15) is 0 Å². The highest BCUT2D eigenvalue weighted by atomic mass is 16.5. The van der Waals surface area contributed by atoms with Gasteiger partial charge in [-0.2, -0.15) is 20.2 Å². The van der Waals surface area contributed by atoms with E-state index in [1.807, 2.05) is 144 Å². The molecule has 1 fully saturated rings. The Morgan fingerprint density at radius 3 is 1.61 bits per heavy atom. The molecule has 2 aromatic carbocycles. The van der Waals surface area contributed by atoms with Crippen molar-refractivity contribution in [3.63, 3.8) is 0 Å². The molecule has 4 N–H and O–H groups in total. The molecule has 0 saturated carbocycles. The first-order valence-corrected chi connectivity index (χ1v) is 26.2. The van der Waals surface area contributed by atoms with E-state index in [0.29, 0.717) is 69.3 Å². The second kappa shape index (κ2) is 26.9. The van der Waals surface area contributed by atoms with Crippen molar-refractivity contribution >= 4 is 34.6 Å². The van der Waals surface area contributed by atoms with Crippen LogP contribution in [0.15, 0.2) is 147 Å². The summed E-state index contributed by atoms with van der Waals surface area (Å²) >= 11 is 0. The first-order valence-electron chi connectivity index (χ1n) is 26.2. The first kappa shape index (κ1) is 53.4. The zero-order valence-corrected chi connectivity index (χ0v) is 44.4. The van der Waals surface area contributed by atoms with Crippen LogP contribution in [0.4, 0.5) is 23.3 Å². The van der Waals surface area contributed by atoms with Gasteiger partial charge in [0.15, 0.2) is 11.3 Å². The van der Waals surface area contributed by atoms with Gasteiger partial charge >= 0.3 is 0 Å². The lowest BCUT2D eigenvalue weighted by Gasteiger charge is -2.09. The molecule has 0 aliphatic carbocycles. The molecule has 22 heteroatoms. The summed E-state index contributed by atoms with van der Waals surface area (Å²) in [5.74, 6) is 3.71. The highest BCUT2D eigenvalue weighted by Crippen LogP contribution is 2.29. The fraction of sp³-hybridized carbons (Fsp3) is 0.298. The summed E-state index contributed by atoms with van der Waals surface area (Å²) in [4.78, 5) is 18.1. The van der Waals surface area contributed by atoms with Crippen LogP contribution in [0.5, 0.6) is 23.3 Å². The molecule has 0 bridgehead atoms. The van der Waals surface area contributed by atoms with Gasteiger partial charge in [-0.15, -0.1) is 10.2 Å². The number of hydrogen-bond acceptors (Lipinski definition) is 18. The van der Waals surface area contributed by atoms with E-state index in [2.05, 4.69) is 51.6 Å². The van der Waals surface area contributed by atoms with Gasteiger partial charge in [-0.1, -0.05) is 24.3 Å². The third kappa shape index (κ3) is 14.8. The minimum atomic E-state index is 0.408. The molecule has 8 aromatic heterocycles. The van der Waals surface area contributed by atoms with Gasteiger partial charge in [-0.25, -0.2) is 19.0 Å². The normalized spacial score (nSPS) is 13.1. The fourth-order valence-corrected chi connectivity index (χ4v) is 8.68. The predicted molar refractivity (Wildman–Crippen MR) is 299 cm³/mol. The Hall–Kier alpha value is -8.96. The molecular formula is C57H64N16O6. The lowest BCUT2D eigenvalue weighted by atomic mass is 10.1. The van der Waals surface area contributed by atoms with E-state index in [1.54, 1.807) is 41.8 Å². The molecule has 0 amide bonds. The molecule has 9 heterocycles. The summed E-state index contributed by atoms with van der Waals surface area (Å²) in [6.07, 6.45) is 18.2. The van der Waals surface area contributed by atoms with Crippen LogP contribution in [0.25, 0.3) is 33.5 Å². The van der Waals surface area contributed by atoms with Crippen molar-refractivity contribution in [1.29, 1.82) is 0 Å². The van der Waals surface area contributed by atoms with Crippen LogP contribution in [0.3, 0.4) is 0 Å². The molecule has 0 unspecified atom stereocenters. The topological polar surface area (TPSA) is 225 Å². The summed E-state index contributed by atoms with van der Waals surface area (Å²) in [6.45, 7) is 6.54.